The lowest BCUT2D eigenvalue weighted by atomic mass is 9.76. The number of nitrogens with zero attached hydrogens (tertiary/aromatic N) is 1. The van der Waals surface area contributed by atoms with Crippen LogP contribution in [0, 0.1) is 19.8 Å². The lowest BCUT2D eigenvalue weighted by Crippen LogP contribution is -2.22. The molecule has 16 heavy (non-hydrogen) atoms. The predicted octanol–water partition coefficient (Wildman–Crippen LogP) is 2.95. The zero-order valence-electron chi connectivity index (χ0n) is 10.4. The number of aliphatic hydroxyl groups is 1. The van der Waals surface area contributed by atoms with E-state index in [4.69, 9.17) is 4.52 Å². The first-order valence-corrected chi connectivity index (χ1v) is 6.20. The maximum atomic E-state index is 9.57. The molecule has 0 aliphatic heterocycles. The number of hydrogen-bond donors (Lipinski definition) is 1. The molecule has 0 amide bonds. The van der Waals surface area contributed by atoms with Gasteiger partial charge in [0.25, 0.3) is 0 Å². The summed E-state index contributed by atoms with van der Waals surface area (Å²) in [6.45, 7) is 5.92. The highest BCUT2D eigenvalue weighted by molar-refractivity contribution is 5.26. The van der Waals surface area contributed by atoms with Crippen LogP contribution in [0.5, 0.6) is 0 Å². The van der Waals surface area contributed by atoms with E-state index in [1.807, 2.05) is 20.8 Å². The van der Waals surface area contributed by atoms with Crippen molar-refractivity contribution in [2.75, 3.05) is 0 Å². The van der Waals surface area contributed by atoms with Crippen molar-refractivity contribution in [3.05, 3.63) is 17.0 Å². The van der Waals surface area contributed by atoms with Crippen LogP contribution in [0.15, 0.2) is 4.52 Å². The summed E-state index contributed by atoms with van der Waals surface area (Å²) in [5, 5.41) is 13.6. The summed E-state index contributed by atoms with van der Waals surface area (Å²) >= 11 is 0. The first-order chi connectivity index (χ1) is 7.59. The van der Waals surface area contributed by atoms with Crippen molar-refractivity contribution in [2.45, 2.75) is 58.5 Å². The van der Waals surface area contributed by atoms with Crippen LogP contribution in [0.25, 0.3) is 0 Å². The number of aliphatic hydroxyl groups excluding tert-OH is 1. The van der Waals surface area contributed by atoms with Crippen molar-refractivity contribution < 1.29 is 9.63 Å². The number of aromatic nitrogens is 1. The molecule has 90 valence electrons. The molecule has 1 N–H and O–H groups in total. The van der Waals surface area contributed by atoms with Crippen molar-refractivity contribution in [3.63, 3.8) is 0 Å². The van der Waals surface area contributed by atoms with Gasteiger partial charge in [-0.05, 0) is 58.3 Å². The fraction of sp³-hybridized carbons (Fsp3) is 0.769. The zero-order chi connectivity index (χ0) is 11.7. The monoisotopic (exact) mass is 223 g/mol. The van der Waals surface area contributed by atoms with Crippen LogP contribution >= 0.6 is 0 Å². The number of rotatable bonds is 2. The zero-order valence-corrected chi connectivity index (χ0v) is 10.4. The summed E-state index contributed by atoms with van der Waals surface area (Å²) in [4.78, 5) is 0. The van der Waals surface area contributed by atoms with Gasteiger partial charge in [-0.1, -0.05) is 5.16 Å². The largest absolute Gasteiger partial charge is 0.393 e. The van der Waals surface area contributed by atoms with Gasteiger partial charge in [-0.2, -0.15) is 0 Å². The summed E-state index contributed by atoms with van der Waals surface area (Å²) < 4.78 is 5.22. The van der Waals surface area contributed by atoms with Gasteiger partial charge in [0.2, 0.25) is 0 Å². The van der Waals surface area contributed by atoms with E-state index in [1.54, 1.807) is 0 Å². The van der Waals surface area contributed by atoms with Gasteiger partial charge in [0.1, 0.15) is 5.76 Å². The molecular formula is C13H21NO2. The topological polar surface area (TPSA) is 46.3 Å². The van der Waals surface area contributed by atoms with Crippen LogP contribution in [-0.2, 0) is 0 Å². The Kier molecular flexibility index (Phi) is 3.33. The van der Waals surface area contributed by atoms with Gasteiger partial charge in [-0.15, -0.1) is 0 Å². The predicted molar refractivity (Wildman–Crippen MR) is 62.4 cm³/mol. The molecular weight excluding hydrogens is 202 g/mol. The molecule has 0 spiro atoms. The molecule has 1 aliphatic carbocycles. The van der Waals surface area contributed by atoms with Crippen molar-refractivity contribution in [1.29, 1.82) is 0 Å². The average molecular weight is 223 g/mol. The molecule has 1 saturated carbocycles. The molecule has 1 aliphatic rings. The smallest absolute Gasteiger partial charge is 0.137 e. The number of hydrogen-bond acceptors (Lipinski definition) is 3. The van der Waals surface area contributed by atoms with Crippen molar-refractivity contribution in [3.8, 4) is 0 Å². The maximum Gasteiger partial charge on any atom is 0.137 e. The number of aryl methyl sites for hydroxylation is 2. The van der Waals surface area contributed by atoms with Crippen molar-refractivity contribution >= 4 is 0 Å². The lowest BCUT2D eigenvalue weighted by Gasteiger charge is -2.30. The molecule has 1 unspecified atom stereocenters. The minimum Gasteiger partial charge on any atom is -0.393 e. The minimum absolute atomic E-state index is 0.161. The van der Waals surface area contributed by atoms with Gasteiger partial charge in [0, 0.05) is 5.56 Å². The van der Waals surface area contributed by atoms with Crippen molar-refractivity contribution in [2.24, 2.45) is 5.92 Å². The van der Waals surface area contributed by atoms with Gasteiger partial charge in [-0.25, -0.2) is 0 Å². The van der Waals surface area contributed by atoms with Gasteiger partial charge in [0.05, 0.1) is 11.8 Å². The Balaban J connectivity index is 2.04. The molecule has 0 radical (unpaired) electrons. The summed E-state index contributed by atoms with van der Waals surface area (Å²) in [7, 11) is 0. The molecule has 0 aromatic carbocycles. The van der Waals surface area contributed by atoms with Crippen LogP contribution in [0.3, 0.4) is 0 Å². The van der Waals surface area contributed by atoms with E-state index < -0.39 is 0 Å². The summed E-state index contributed by atoms with van der Waals surface area (Å²) in [5.41, 5.74) is 2.35. The fourth-order valence-corrected chi connectivity index (χ4v) is 2.96. The first kappa shape index (κ1) is 11.6. The normalized spacial score (nSPS) is 28.0. The van der Waals surface area contributed by atoms with E-state index in [0.717, 1.165) is 37.1 Å². The Bertz CT molecular complexity index is 329. The molecule has 3 nitrogen and oxygen atoms in total. The molecule has 1 aromatic heterocycles. The van der Waals surface area contributed by atoms with E-state index in [2.05, 4.69) is 5.16 Å². The van der Waals surface area contributed by atoms with Crippen LogP contribution < -0.4 is 0 Å². The molecule has 3 heteroatoms. The van der Waals surface area contributed by atoms with Crippen LogP contribution in [0.2, 0.25) is 0 Å². The Labute approximate surface area is 96.8 Å². The Morgan fingerprint density at radius 2 is 1.88 bits per heavy atom. The van der Waals surface area contributed by atoms with Crippen LogP contribution in [0.4, 0.5) is 0 Å². The molecule has 0 bridgehead atoms. The molecule has 1 aromatic rings. The molecule has 1 atom stereocenters. The van der Waals surface area contributed by atoms with E-state index in [-0.39, 0.29) is 6.10 Å². The Morgan fingerprint density at radius 1 is 1.25 bits per heavy atom. The summed E-state index contributed by atoms with van der Waals surface area (Å²) in [5.74, 6) is 2.04. The third-order valence-corrected chi connectivity index (χ3v) is 3.95. The average Bonchev–Trinajstić information content (AvgIpc) is 2.59. The molecule has 0 saturated heterocycles. The highest BCUT2D eigenvalue weighted by Gasteiger charge is 2.28. The second kappa shape index (κ2) is 4.58. The molecule has 2 rings (SSSR count). The molecule has 1 heterocycles. The van der Waals surface area contributed by atoms with E-state index >= 15 is 0 Å². The highest BCUT2D eigenvalue weighted by Crippen LogP contribution is 2.39. The van der Waals surface area contributed by atoms with Gasteiger partial charge in [0.15, 0.2) is 0 Å². The summed E-state index contributed by atoms with van der Waals surface area (Å²) in [6.07, 6.45) is 4.38. The van der Waals surface area contributed by atoms with E-state index in [1.165, 1.54) is 5.56 Å². The van der Waals surface area contributed by atoms with E-state index in [9.17, 15) is 5.11 Å². The standard InChI is InChI=1S/C13H21NO2/c1-8-13(10(3)16-14-8)12-6-4-11(5-7-12)9(2)15/h9,11-12,15H,4-7H2,1-3H3. The minimum atomic E-state index is -0.161. The maximum absolute atomic E-state index is 9.57. The second-order valence-electron chi connectivity index (χ2n) is 5.09. The lowest BCUT2D eigenvalue weighted by molar-refractivity contribution is 0.0966. The van der Waals surface area contributed by atoms with Gasteiger partial charge >= 0.3 is 0 Å². The van der Waals surface area contributed by atoms with E-state index in [0.29, 0.717) is 11.8 Å². The third-order valence-electron chi connectivity index (χ3n) is 3.95. The Hall–Kier alpha value is -0.830. The highest BCUT2D eigenvalue weighted by atomic mass is 16.5. The van der Waals surface area contributed by atoms with Crippen LogP contribution in [-0.4, -0.2) is 16.4 Å². The van der Waals surface area contributed by atoms with Crippen molar-refractivity contribution in [1.82, 2.24) is 5.16 Å². The second-order valence-corrected chi connectivity index (χ2v) is 5.09. The Morgan fingerprint density at radius 3 is 2.31 bits per heavy atom. The van der Waals surface area contributed by atoms with Gasteiger partial charge < -0.3 is 9.63 Å². The third kappa shape index (κ3) is 2.14. The fourth-order valence-electron chi connectivity index (χ4n) is 2.96. The van der Waals surface area contributed by atoms with Gasteiger partial charge in [-0.3, -0.25) is 0 Å². The quantitative estimate of drug-likeness (QED) is 0.838. The molecule has 1 fully saturated rings. The SMILES string of the molecule is Cc1noc(C)c1C1CCC(C(C)O)CC1. The van der Waals surface area contributed by atoms with Crippen LogP contribution in [0.1, 0.15) is 55.5 Å². The summed E-state index contributed by atoms with van der Waals surface area (Å²) in [6, 6.07) is 0. The first-order valence-electron chi connectivity index (χ1n) is 6.20.